The third-order valence-corrected chi connectivity index (χ3v) is 4.95. The molecule has 0 aliphatic heterocycles. The van der Waals surface area contributed by atoms with E-state index in [-0.39, 0.29) is 23.5 Å². The maximum atomic E-state index is 12.5. The molecule has 1 unspecified atom stereocenters. The van der Waals surface area contributed by atoms with E-state index in [0.717, 1.165) is 0 Å². The molecule has 5 nitrogen and oxygen atoms in total. The fourth-order valence-electron chi connectivity index (χ4n) is 1.93. The lowest BCUT2D eigenvalue weighted by atomic mass is 10.1. The van der Waals surface area contributed by atoms with Gasteiger partial charge in [-0.1, -0.05) is 26.0 Å². The second-order valence-corrected chi connectivity index (χ2v) is 6.81. The van der Waals surface area contributed by atoms with E-state index < -0.39 is 10.0 Å². The lowest BCUT2D eigenvalue weighted by Crippen LogP contribution is -2.41. The molecule has 1 aromatic rings. The fraction of sp³-hybridized carbons (Fsp3) is 0.571. The van der Waals surface area contributed by atoms with Gasteiger partial charge < -0.3 is 9.84 Å². The van der Waals surface area contributed by atoms with Crippen LogP contribution in [0.3, 0.4) is 0 Å². The largest absolute Gasteiger partial charge is 0.392 e. The van der Waals surface area contributed by atoms with Gasteiger partial charge in [0.1, 0.15) is 0 Å². The van der Waals surface area contributed by atoms with Crippen LogP contribution < -0.4 is 4.72 Å². The first-order valence-corrected chi connectivity index (χ1v) is 8.02. The van der Waals surface area contributed by atoms with Gasteiger partial charge in [0.25, 0.3) is 0 Å². The van der Waals surface area contributed by atoms with Crippen LogP contribution in [0.1, 0.15) is 25.0 Å². The van der Waals surface area contributed by atoms with Gasteiger partial charge in [0.05, 0.1) is 18.1 Å². The molecule has 0 aromatic heterocycles. The van der Waals surface area contributed by atoms with Crippen molar-refractivity contribution in [3.05, 3.63) is 29.3 Å². The molecule has 1 atom stereocenters. The zero-order chi connectivity index (χ0) is 15.3. The molecule has 0 bridgehead atoms. The van der Waals surface area contributed by atoms with Crippen molar-refractivity contribution in [1.82, 2.24) is 4.72 Å². The Hall–Kier alpha value is -0.950. The summed E-state index contributed by atoms with van der Waals surface area (Å²) in [5.74, 6) is 0.117. The number of sulfonamides is 1. The van der Waals surface area contributed by atoms with Crippen LogP contribution in [0, 0.1) is 12.8 Å². The molecule has 20 heavy (non-hydrogen) atoms. The van der Waals surface area contributed by atoms with Crippen LogP contribution in [0.4, 0.5) is 0 Å². The molecule has 0 aliphatic rings. The van der Waals surface area contributed by atoms with Crippen molar-refractivity contribution in [2.45, 2.75) is 38.3 Å². The average Bonchev–Trinajstić information content (AvgIpc) is 2.38. The Labute approximate surface area is 121 Å². The number of nitrogens with one attached hydrogen (secondary N) is 1. The van der Waals surface area contributed by atoms with E-state index in [0.29, 0.717) is 17.7 Å². The monoisotopic (exact) mass is 301 g/mol. The van der Waals surface area contributed by atoms with Gasteiger partial charge in [-0.2, -0.15) is 0 Å². The number of aliphatic hydroxyl groups excluding tert-OH is 1. The zero-order valence-corrected chi connectivity index (χ0v) is 13.2. The lowest BCUT2D eigenvalue weighted by molar-refractivity contribution is 0.157. The van der Waals surface area contributed by atoms with E-state index in [4.69, 9.17) is 4.74 Å². The molecule has 2 N–H and O–H groups in total. The van der Waals surface area contributed by atoms with Crippen LogP contribution in [-0.2, 0) is 21.4 Å². The molecule has 0 spiro atoms. The maximum Gasteiger partial charge on any atom is 0.241 e. The highest BCUT2D eigenvalue weighted by Gasteiger charge is 2.24. The summed E-state index contributed by atoms with van der Waals surface area (Å²) >= 11 is 0. The number of ether oxygens (including phenoxy) is 1. The van der Waals surface area contributed by atoms with Crippen LogP contribution in [0.25, 0.3) is 0 Å². The summed E-state index contributed by atoms with van der Waals surface area (Å²) in [6, 6.07) is 4.60. The van der Waals surface area contributed by atoms with Crippen molar-refractivity contribution >= 4 is 10.0 Å². The number of rotatable bonds is 7. The summed E-state index contributed by atoms with van der Waals surface area (Å²) in [7, 11) is -2.09. The second-order valence-electron chi connectivity index (χ2n) is 5.13. The summed E-state index contributed by atoms with van der Waals surface area (Å²) < 4.78 is 32.6. The molecule has 0 saturated carbocycles. The standard InChI is InChI=1S/C14H23NO4S/c1-10(2)13(9-19-4)15-20(17,18)14-7-5-6-12(8-16)11(14)3/h5-7,10,13,15-16H,8-9H2,1-4H3. The Morgan fingerprint density at radius 2 is 2.00 bits per heavy atom. The minimum atomic E-state index is -3.63. The lowest BCUT2D eigenvalue weighted by Gasteiger charge is -2.22. The Morgan fingerprint density at radius 3 is 2.50 bits per heavy atom. The quantitative estimate of drug-likeness (QED) is 0.799. The molecule has 1 aromatic carbocycles. The van der Waals surface area contributed by atoms with Crippen LogP contribution in [-0.4, -0.2) is 33.3 Å². The molecule has 114 valence electrons. The van der Waals surface area contributed by atoms with Gasteiger partial charge in [0.2, 0.25) is 10.0 Å². The molecule has 0 aliphatic carbocycles. The summed E-state index contributed by atoms with van der Waals surface area (Å²) in [4.78, 5) is 0.200. The normalized spacial score (nSPS) is 13.7. The number of hydrogen-bond donors (Lipinski definition) is 2. The summed E-state index contributed by atoms with van der Waals surface area (Å²) in [5, 5.41) is 9.23. The van der Waals surface area contributed by atoms with E-state index in [2.05, 4.69) is 4.72 Å². The minimum Gasteiger partial charge on any atom is -0.392 e. The Bertz CT molecular complexity index is 540. The average molecular weight is 301 g/mol. The predicted octanol–water partition coefficient (Wildman–Crippen LogP) is 1.44. The number of aliphatic hydroxyl groups is 1. The molecule has 0 amide bonds. The zero-order valence-electron chi connectivity index (χ0n) is 12.4. The predicted molar refractivity (Wildman–Crippen MR) is 77.9 cm³/mol. The Morgan fingerprint density at radius 1 is 1.35 bits per heavy atom. The van der Waals surface area contributed by atoms with Gasteiger partial charge in [-0.25, -0.2) is 13.1 Å². The first kappa shape index (κ1) is 17.1. The maximum absolute atomic E-state index is 12.5. The van der Waals surface area contributed by atoms with Gasteiger partial charge in [-0.05, 0) is 30.0 Å². The van der Waals surface area contributed by atoms with E-state index in [1.807, 2.05) is 13.8 Å². The van der Waals surface area contributed by atoms with Gasteiger partial charge in [-0.15, -0.1) is 0 Å². The van der Waals surface area contributed by atoms with Crippen LogP contribution in [0.15, 0.2) is 23.1 Å². The minimum absolute atomic E-state index is 0.117. The van der Waals surface area contributed by atoms with Gasteiger partial charge >= 0.3 is 0 Å². The molecule has 0 heterocycles. The van der Waals surface area contributed by atoms with Gasteiger partial charge in [0.15, 0.2) is 0 Å². The molecule has 1 rings (SSSR count). The van der Waals surface area contributed by atoms with Crippen molar-refractivity contribution in [3.8, 4) is 0 Å². The topological polar surface area (TPSA) is 75.6 Å². The van der Waals surface area contributed by atoms with Crippen molar-refractivity contribution in [2.75, 3.05) is 13.7 Å². The smallest absolute Gasteiger partial charge is 0.241 e. The van der Waals surface area contributed by atoms with Crippen molar-refractivity contribution < 1.29 is 18.3 Å². The van der Waals surface area contributed by atoms with Crippen LogP contribution >= 0.6 is 0 Å². The third kappa shape index (κ3) is 4.02. The summed E-state index contributed by atoms with van der Waals surface area (Å²) in [6.45, 7) is 5.70. The highest BCUT2D eigenvalue weighted by Crippen LogP contribution is 2.20. The van der Waals surface area contributed by atoms with Crippen molar-refractivity contribution in [3.63, 3.8) is 0 Å². The summed E-state index contributed by atoms with van der Waals surface area (Å²) in [5.41, 5.74) is 1.18. The first-order chi connectivity index (χ1) is 9.33. The molecule has 0 radical (unpaired) electrons. The number of methoxy groups -OCH3 is 1. The van der Waals surface area contributed by atoms with Gasteiger partial charge in [0, 0.05) is 13.2 Å². The molecule has 0 fully saturated rings. The SMILES string of the molecule is COCC(NS(=O)(=O)c1cccc(CO)c1C)C(C)C. The van der Waals surface area contributed by atoms with Crippen molar-refractivity contribution in [2.24, 2.45) is 5.92 Å². The molecular formula is C14H23NO4S. The van der Waals surface area contributed by atoms with E-state index in [1.54, 1.807) is 32.2 Å². The van der Waals surface area contributed by atoms with E-state index in [9.17, 15) is 13.5 Å². The first-order valence-electron chi connectivity index (χ1n) is 6.54. The number of hydrogen-bond acceptors (Lipinski definition) is 4. The second kappa shape index (κ2) is 7.17. The number of benzene rings is 1. The molecular weight excluding hydrogens is 278 g/mol. The van der Waals surface area contributed by atoms with Crippen LogP contribution in [0.2, 0.25) is 0 Å². The summed E-state index contributed by atoms with van der Waals surface area (Å²) in [6.07, 6.45) is 0. The fourth-order valence-corrected chi connectivity index (χ4v) is 3.58. The highest BCUT2D eigenvalue weighted by molar-refractivity contribution is 7.89. The Balaban J connectivity index is 3.10. The highest BCUT2D eigenvalue weighted by atomic mass is 32.2. The third-order valence-electron chi connectivity index (χ3n) is 3.31. The molecule has 0 saturated heterocycles. The van der Waals surface area contributed by atoms with E-state index in [1.165, 1.54) is 0 Å². The van der Waals surface area contributed by atoms with Gasteiger partial charge in [-0.3, -0.25) is 0 Å². The van der Waals surface area contributed by atoms with Crippen molar-refractivity contribution in [1.29, 1.82) is 0 Å². The van der Waals surface area contributed by atoms with E-state index >= 15 is 0 Å². The Kier molecular flexibility index (Phi) is 6.13. The molecule has 6 heteroatoms. The van der Waals surface area contributed by atoms with Crippen LogP contribution in [0.5, 0.6) is 0 Å².